The van der Waals surface area contributed by atoms with Gasteiger partial charge in [-0.3, -0.25) is 14.5 Å². The van der Waals surface area contributed by atoms with Crippen LogP contribution in [0.3, 0.4) is 0 Å². The smallest absolute Gasteiger partial charge is 0.325 e. The van der Waals surface area contributed by atoms with Crippen molar-refractivity contribution >= 4 is 46.2 Å². The SMILES string of the molecule is O=C1N[C@@]2(CCOc3ccccc32)C(=O)N1CC(=O)N1N=C(c2cccs2)C[C@H]1c1cccs1. The maximum atomic E-state index is 13.6. The topological polar surface area (TPSA) is 91.3 Å². The van der Waals surface area contributed by atoms with E-state index in [9.17, 15) is 14.4 Å². The zero-order valence-electron chi connectivity index (χ0n) is 18.0. The van der Waals surface area contributed by atoms with Gasteiger partial charge in [0.05, 0.1) is 23.2 Å². The minimum absolute atomic E-state index is 0.261. The summed E-state index contributed by atoms with van der Waals surface area (Å²) in [4.78, 5) is 43.0. The number of thiophene rings is 2. The van der Waals surface area contributed by atoms with E-state index < -0.39 is 23.4 Å². The van der Waals surface area contributed by atoms with Crippen LogP contribution in [0.4, 0.5) is 4.79 Å². The molecule has 0 unspecified atom stereocenters. The normalized spacial score (nSPS) is 23.6. The third kappa shape index (κ3) is 3.24. The van der Waals surface area contributed by atoms with Crippen LogP contribution in [0, 0.1) is 0 Å². The van der Waals surface area contributed by atoms with Crippen molar-refractivity contribution in [2.24, 2.45) is 5.10 Å². The average Bonchev–Trinajstić information content (AvgIpc) is 3.64. The van der Waals surface area contributed by atoms with E-state index >= 15 is 0 Å². The van der Waals surface area contributed by atoms with E-state index in [0.29, 0.717) is 30.8 Å². The van der Waals surface area contributed by atoms with Gasteiger partial charge in [-0.2, -0.15) is 5.10 Å². The molecule has 3 aromatic rings. The molecule has 10 heteroatoms. The molecule has 2 aromatic heterocycles. The molecule has 5 heterocycles. The van der Waals surface area contributed by atoms with Crippen molar-refractivity contribution in [2.45, 2.75) is 24.4 Å². The number of hydrogen-bond donors (Lipinski definition) is 1. The Morgan fingerprint density at radius 3 is 2.74 bits per heavy atom. The molecule has 0 radical (unpaired) electrons. The lowest BCUT2D eigenvalue weighted by molar-refractivity contribution is -0.140. The summed E-state index contributed by atoms with van der Waals surface area (Å²) in [6.45, 7) is -0.0790. The molecule has 3 aliphatic heterocycles. The highest BCUT2D eigenvalue weighted by Crippen LogP contribution is 2.41. The van der Waals surface area contributed by atoms with Crippen LogP contribution in [0.2, 0.25) is 0 Å². The fraction of sp³-hybridized carbons (Fsp3) is 0.250. The number of hydrazone groups is 1. The minimum Gasteiger partial charge on any atom is -0.493 e. The van der Waals surface area contributed by atoms with E-state index in [4.69, 9.17) is 4.74 Å². The van der Waals surface area contributed by atoms with Gasteiger partial charge in [0, 0.05) is 23.3 Å². The molecule has 0 saturated carbocycles. The number of imide groups is 1. The van der Waals surface area contributed by atoms with Crippen LogP contribution in [0.25, 0.3) is 0 Å². The van der Waals surface area contributed by atoms with Crippen molar-refractivity contribution in [1.82, 2.24) is 15.2 Å². The van der Waals surface area contributed by atoms with E-state index in [1.165, 1.54) is 5.01 Å². The first-order chi connectivity index (χ1) is 16.6. The number of hydrogen-bond acceptors (Lipinski definition) is 7. The number of benzene rings is 1. The fourth-order valence-corrected chi connectivity index (χ4v) is 6.29. The Morgan fingerprint density at radius 1 is 1.12 bits per heavy atom. The Hall–Kier alpha value is -3.50. The molecule has 3 aliphatic rings. The maximum absolute atomic E-state index is 13.6. The predicted molar refractivity (Wildman–Crippen MR) is 128 cm³/mol. The van der Waals surface area contributed by atoms with Crippen molar-refractivity contribution < 1.29 is 19.1 Å². The van der Waals surface area contributed by atoms with E-state index in [0.717, 1.165) is 20.4 Å². The number of amides is 4. The number of fused-ring (bicyclic) bond motifs is 2. The number of carbonyl (C=O) groups excluding carboxylic acids is 3. The van der Waals surface area contributed by atoms with Crippen LogP contribution in [0.5, 0.6) is 5.75 Å². The predicted octanol–water partition coefficient (Wildman–Crippen LogP) is 3.72. The van der Waals surface area contributed by atoms with Gasteiger partial charge in [0.1, 0.15) is 12.3 Å². The summed E-state index contributed by atoms with van der Waals surface area (Å²) < 4.78 is 5.68. The maximum Gasteiger partial charge on any atom is 0.325 e. The summed E-state index contributed by atoms with van der Waals surface area (Å²) in [6.07, 6.45) is 0.892. The quantitative estimate of drug-likeness (QED) is 0.562. The van der Waals surface area contributed by atoms with Crippen LogP contribution in [-0.4, -0.2) is 46.6 Å². The summed E-state index contributed by atoms with van der Waals surface area (Å²) in [5.41, 5.74) is 0.231. The second kappa shape index (κ2) is 8.07. The van der Waals surface area contributed by atoms with Crippen molar-refractivity contribution in [3.63, 3.8) is 0 Å². The first kappa shape index (κ1) is 21.1. The highest BCUT2D eigenvalue weighted by molar-refractivity contribution is 7.12. The van der Waals surface area contributed by atoms with Crippen LogP contribution in [0.15, 0.2) is 64.4 Å². The molecule has 0 aliphatic carbocycles. The monoisotopic (exact) mass is 492 g/mol. The second-order valence-electron chi connectivity index (χ2n) is 8.32. The molecule has 1 aromatic carbocycles. The Balaban J connectivity index is 1.29. The molecule has 2 atom stereocenters. The molecular formula is C24H20N4O4S2. The van der Waals surface area contributed by atoms with Crippen molar-refractivity contribution in [3.8, 4) is 5.75 Å². The largest absolute Gasteiger partial charge is 0.493 e. The molecule has 1 fully saturated rings. The number of ether oxygens (including phenoxy) is 1. The van der Waals surface area contributed by atoms with Crippen LogP contribution < -0.4 is 10.1 Å². The number of urea groups is 1. The van der Waals surface area contributed by atoms with E-state index in [2.05, 4.69) is 10.4 Å². The van der Waals surface area contributed by atoms with Crippen LogP contribution >= 0.6 is 22.7 Å². The molecule has 1 spiro atoms. The zero-order valence-corrected chi connectivity index (χ0v) is 19.6. The number of nitrogens with one attached hydrogen (secondary N) is 1. The molecular weight excluding hydrogens is 472 g/mol. The number of para-hydroxylation sites is 1. The lowest BCUT2D eigenvalue weighted by atomic mass is 9.84. The molecule has 34 heavy (non-hydrogen) atoms. The standard InChI is InChI=1S/C24H20N4O4S2/c29-21(28-17(20-8-4-12-34-20)13-16(26-28)19-7-3-11-33-19)14-27-22(30)24(25-23(27)31)9-10-32-18-6-2-1-5-15(18)24/h1-8,11-12,17H,9-10,13-14H2,(H,25,31)/t17-,24+/m0/s1. The lowest BCUT2D eigenvalue weighted by Crippen LogP contribution is -2.48. The van der Waals surface area contributed by atoms with Gasteiger partial charge in [0.25, 0.3) is 11.8 Å². The number of carbonyl (C=O) groups is 3. The molecule has 0 bridgehead atoms. The molecule has 1 N–H and O–H groups in total. The van der Waals surface area contributed by atoms with Crippen molar-refractivity contribution in [1.29, 1.82) is 0 Å². The Morgan fingerprint density at radius 2 is 1.94 bits per heavy atom. The Bertz CT molecular complexity index is 1300. The van der Waals surface area contributed by atoms with Gasteiger partial charge in [0.15, 0.2) is 5.54 Å². The van der Waals surface area contributed by atoms with Gasteiger partial charge in [-0.05, 0) is 29.0 Å². The molecule has 1 saturated heterocycles. The van der Waals surface area contributed by atoms with Crippen LogP contribution in [-0.2, 0) is 15.1 Å². The summed E-state index contributed by atoms with van der Waals surface area (Å²) in [5.74, 6) is -0.264. The summed E-state index contributed by atoms with van der Waals surface area (Å²) >= 11 is 3.13. The third-order valence-corrected chi connectivity index (χ3v) is 8.29. The lowest BCUT2D eigenvalue weighted by Gasteiger charge is -2.33. The highest BCUT2D eigenvalue weighted by Gasteiger charge is 2.55. The summed E-state index contributed by atoms with van der Waals surface area (Å²) in [6, 6.07) is 14.2. The van der Waals surface area contributed by atoms with Gasteiger partial charge in [-0.15, -0.1) is 22.7 Å². The third-order valence-electron chi connectivity index (χ3n) is 6.39. The number of rotatable bonds is 4. The number of nitrogens with zero attached hydrogens (tertiary/aromatic N) is 3. The molecule has 8 nitrogen and oxygen atoms in total. The average molecular weight is 493 g/mol. The van der Waals surface area contributed by atoms with Crippen molar-refractivity contribution in [3.05, 3.63) is 74.6 Å². The van der Waals surface area contributed by atoms with Crippen LogP contribution in [0.1, 0.15) is 34.2 Å². The molecule has 172 valence electrons. The Labute approximate surface area is 203 Å². The van der Waals surface area contributed by atoms with Gasteiger partial charge in [0.2, 0.25) is 0 Å². The minimum atomic E-state index is -1.21. The zero-order chi connectivity index (χ0) is 23.3. The Kier molecular flexibility index (Phi) is 5.00. The van der Waals surface area contributed by atoms with Crippen molar-refractivity contribution in [2.75, 3.05) is 13.2 Å². The van der Waals surface area contributed by atoms with E-state index in [-0.39, 0.29) is 12.6 Å². The summed E-state index contributed by atoms with van der Waals surface area (Å²) in [7, 11) is 0. The molecule has 4 amide bonds. The van der Waals surface area contributed by atoms with Gasteiger partial charge < -0.3 is 10.1 Å². The first-order valence-corrected chi connectivity index (χ1v) is 12.7. The van der Waals surface area contributed by atoms with E-state index in [1.807, 2.05) is 41.1 Å². The molecule has 6 rings (SSSR count). The second-order valence-corrected chi connectivity index (χ2v) is 10.2. The summed E-state index contributed by atoms with van der Waals surface area (Å²) in [5, 5.41) is 12.8. The first-order valence-electron chi connectivity index (χ1n) is 10.9. The van der Waals surface area contributed by atoms with Gasteiger partial charge >= 0.3 is 6.03 Å². The van der Waals surface area contributed by atoms with Gasteiger partial charge in [-0.25, -0.2) is 9.80 Å². The highest BCUT2D eigenvalue weighted by atomic mass is 32.1. The van der Waals surface area contributed by atoms with E-state index in [1.54, 1.807) is 40.9 Å². The fourth-order valence-electron chi connectivity index (χ4n) is 4.76. The van der Waals surface area contributed by atoms with Gasteiger partial charge in [-0.1, -0.05) is 30.3 Å².